The Morgan fingerprint density at radius 3 is 2.24 bits per heavy atom. The predicted octanol–water partition coefficient (Wildman–Crippen LogP) is 2.00. The fourth-order valence-electron chi connectivity index (χ4n) is 1.14. The van der Waals surface area contributed by atoms with Crippen molar-refractivity contribution in [2.45, 2.75) is 6.92 Å². The molecule has 0 aliphatic carbocycles. The van der Waals surface area contributed by atoms with Gasteiger partial charge in [0.1, 0.15) is 0 Å². The van der Waals surface area contributed by atoms with E-state index in [2.05, 4.69) is 0 Å². The number of rotatable bonds is 4. The van der Waals surface area contributed by atoms with E-state index >= 15 is 0 Å². The Kier molecular flexibility index (Phi) is 5.40. The Morgan fingerprint density at radius 1 is 1.18 bits per heavy atom. The van der Waals surface area contributed by atoms with Crippen LogP contribution in [-0.4, -0.2) is 49.7 Å². The molecule has 4 heteroatoms. The van der Waals surface area contributed by atoms with E-state index in [4.69, 9.17) is 0 Å². The third-order valence-electron chi connectivity index (χ3n) is 1.96. The molecule has 0 saturated carbocycles. The average molecular weight is 345 g/mol. The van der Waals surface area contributed by atoms with Crippen LogP contribution in [0.4, 0.5) is 4.79 Å². The molecule has 90 valence electrons. The maximum atomic E-state index is 11.7. The van der Waals surface area contributed by atoms with E-state index in [0.717, 1.165) is 9.18 Å². The number of allylic oxidation sites excluding steroid dienone is 1. The summed E-state index contributed by atoms with van der Waals surface area (Å²) in [5.74, 6) is -0.0134. The number of hydrogen-bond donors (Lipinski definition) is 0. The zero-order valence-corrected chi connectivity index (χ0v) is 12.5. The molecule has 1 rings (SSSR count). The topological polar surface area (TPSA) is 37.4 Å². The molecular weight excluding hydrogens is 330 g/mol. The molecule has 0 bridgehead atoms. The summed E-state index contributed by atoms with van der Waals surface area (Å²) in [7, 11) is 3.48. The first-order chi connectivity index (χ1) is 8.00. The van der Waals surface area contributed by atoms with Crippen LogP contribution in [-0.2, 0) is 4.79 Å². The van der Waals surface area contributed by atoms with Gasteiger partial charge in [-0.1, -0.05) is 0 Å². The predicted molar refractivity (Wildman–Crippen MR) is 69.9 cm³/mol. The standard InChI is InChI=1S/C13H15NO2Te/c1-10(15)9-12(17-13(16)14(2)3)11-7-5-4-6-8-11/h4-9H,1-3H3/b12-9-. The van der Waals surface area contributed by atoms with Crippen LogP contribution >= 0.6 is 0 Å². The van der Waals surface area contributed by atoms with Gasteiger partial charge in [0.15, 0.2) is 0 Å². The second-order valence-electron chi connectivity index (χ2n) is 3.75. The molecule has 0 atom stereocenters. The molecule has 1 aromatic rings. The van der Waals surface area contributed by atoms with Crippen LogP contribution in [0.25, 0.3) is 3.62 Å². The van der Waals surface area contributed by atoms with E-state index in [1.165, 1.54) is 6.92 Å². The summed E-state index contributed by atoms with van der Waals surface area (Å²) < 4.78 is 1.01. The van der Waals surface area contributed by atoms with Crippen LogP contribution in [0.1, 0.15) is 12.5 Å². The molecule has 0 aromatic heterocycles. The van der Waals surface area contributed by atoms with Gasteiger partial charge in [-0.2, -0.15) is 0 Å². The SMILES string of the molecule is CC(=O)/C=C(\[Te]C(=O)N(C)C)c1ccccc1. The Bertz CT molecular complexity index is 438. The summed E-state index contributed by atoms with van der Waals surface area (Å²) in [4.78, 5) is 24.5. The molecule has 0 radical (unpaired) electrons. The van der Waals surface area contributed by atoms with Crippen molar-refractivity contribution in [2.24, 2.45) is 0 Å². The van der Waals surface area contributed by atoms with Crippen LogP contribution in [0.2, 0.25) is 0 Å². The van der Waals surface area contributed by atoms with Crippen LogP contribution in [0, 0.1) is 0 Å². The first kappa shape index (κ1) is 14.0. The van der Waals surface area contributed by atoms with E-state index in [1.54, 1.807) is 25.1 Å². The second kappa shape index (κ2) is 6.58. The first-order valence-corrected chi connectivity index (χ1v) is 7.50. The Hall–Kier alpha value is -1.11. The Balaban J connectivity index is 2.98. The number of nitrogens with zero attached hydrogens (tertiary/aromatic N) is 1. The van der Waals surface area contributed by atoms with Crippen molar-refractivity contribution in [1.82, 2.24) is 4.90 Å². The molecular formula is C13H15NO2Te. The van der Waals surface area contributed by atoms with Gasteiger partial charge in [0.05, 0.1) is 0 Å². The van der Waals surface area contributed by atoms with E-state index in [9.17, 15) is 9.59 Å². The first-order valence-electron chi connectivity index (χ1n) is 5.17. The zero-order chi connectivity index (χ0) is 12.8. The summed E-state index contributed by atoms with van der Waals surface area (Å²) in [6.07, 6.45) is 1.58. The normalized spacial score (nSPS) is 11.1. The van der Waals surface area contributed by atoms with Gasteiger partial charge in [0.2, 0.25) is 0 Å². The molecule has 0 spiro atoms. The molecule has 0 fully saturated rings. The number of carbonyl (C=O) groups excluding carboxylic acids is 2. The van der Waals surface area contributed by atoms with Gasteiger partial charge in [0, 0.05) is 0 Å². The molecule has 0 unspecified atom stereocenters. The van der Waals surface area contributed by atoms with Gasteiger partial charge in [-0.15, -0.1) is 0 Å². The van der Waals surface area contributed by atoms with Crippen LogP contribution in [0.15, 0.2) is 36.4 Å². The molecule has 1 amide bonds. The van der Waals surface area contributed by atoms with Crippen LogP contribution in [0.3, 0.4) is 0 Å². The minimum absolute atomic E-state index is 0.0134. The van der Waals surface area contributed by atoms with Crippen molar-refractivity contribution < 1.29 is 9.59 Å². The molecule has 1 aromatic carbocycles. The van der Waals surface area contributed by atoms with Gasteiger partial charge < -0.3 is 0 Å². The summed E-state index contributed by atoms with van der Waals surface area (Å²) >= 11 is -1.02. The van der Waals surface area contributed by atoms with Crippen molar-refractivity contribution >= 4 is 34.3 Å². The van der Waals surface area contributed by atoms with Gasteiger partial charge in [-0.3, -0.25) is 0 Å². The van der Waals surface area contributed by atoms with Crippen molar-refractivity contribution in [3.05, 3.63) is 42.0 Å². The van der Waals surface area contributed by atoms with E-state index in [1.807, 2.05) is 30.3 Å². The monoisotopic (exact) mass is 347 g/mol. The van der Waals surface area contributed by atoms with Crippen molar-refractivity contribution in [3.63, 3.8) is 0 Å². The third kappa shape index (κ3) is 4.72. The average Bonchev–Trinajstić information content (AvgIpc) is 2.28. The number of ketones is 1. The van der Waals surface area contributed by atoms with E-state index in [-0.39, 0.29) is 9.74 Å². The summed E-state index contributed by atoms with van der Waals surface area (Å²) in [5.41, 5.74) is 0.973. The van der Waals surface area contributed by atoms with Gasteiger partial charge >= 0.3 is 112 Å². The zero-order valence-electron chi connectivity index (χ0n) is 10.1. The molecule has 0 aliphatic rings. The number of benzene rings is 1. The van der Waals surface area contributed by atoms with E-state index in [0.29, 0.717) is 0 Å². The number of amides is 1. The Morgan fingerprint density at radius 2 is 1.76 bits per heavy atom. The quantitative estimate of drug-likeness (QED) is 0.619. The summed E-state index contributed by atoms with van der Waals surface area (Å²) in [6, 6.07) is 9.61. The minimum atomic E-state index is -1.02. The number of hydrogen-bond acceptors (Lipinski definition) is 2. The van der Waals surface area contributed by atoms with Crippen LogP contribution < -0.4 is 0 Å². The van der Waals surface area contributed by atoms with Gasteiger partial charge in [0.25, 0.3) is 0 Å². The number of carbonyl (C=O) groups is 2. The summed E-state index contributed by atoms with van der Waals surface area (Å²) in [6.45, 7) is 1.51. The molecule has 0 saturated heterocycles. The van der Waals surface area contributed by atoms with E-state index < -0.39 is 20.9 Å². The molecule has 0 N–H and O–H groups in total. The van der Waals surface area contributed by atoms with Gasteiger partial charge in [-0.05, 0) is 0 Å². The van der Waals surface area contributed by atoms with Gasteiger partial charge in [-0.25, -0.2) is 0 Å². The third-order valence-corrected chi connectivity index (χ3v) is 5.13. The summed E-state index contributed by atoms with van der Waals surface area (Å²) in [5, 5.41) is 0. The molecule has 0 heterocycles. The van der Waals surface area contributed by atoms with Crippen molar-refractivity contribution in [2.75, 3.05) is 14.1 Å². The molecule has 17 heavy (non-hydrogen) atoms. The Labute approximate surface area is 112 Å². The molecule has 0 aliphatic heterocycles. The second-order valence-corrected chi connectivity index (χ2v) is 6.58. The van der Waals surface area contributed by atoms with Crippen molar-refractivity contribution in [1.29, 1.82) is 0 Å². The molecule has 3 nitrogen and oxygen atoms in total. The van der Waals surface area contributed by atoms with Crippen molar-refractivity contribution in [3.8, 4) is 0 Å². The fraction of sp³-hybridized carbons (Fsp3) is 0.231. The fourth-order valence-corrected chi connectivity index (χ4v) is 3.57. The maximum absolute atomic E-state index is 11.7. The van der Waals surface area contributed by atoms with Crippen LogP contribution in [0.5, 0.6) is 0 Å².